The fourth-order valence-electron chi connectivity index (χ4n) is 6.26. The molecular weight excluding hydrogens is 500 g/mol. The molecule has 0 unspecified atom stereocenters. The highest BCUT2D eigenvalue weighted by Gasteiger charge is 2.42. The zero-order chi connectivity index (χ0) is 26.7. The van der Waals surface area contributed by atoms with Crippen LogP contribution < -0.4 is 9.64 Å². The van der Waals surface area contributed by atoms with Crippen molar-refractivity contribution in [1.82, 2.24) is 4.90 Å². The topological polar surface area (TPSA) is 70.1 Å². The Balaban J connectivity index is 1.54. The van der Waals surface area contributed by atoms with E-state index in [2.05, 4.69) is 29.2 Å². The number of benzene rings is 2. The van der Waals surface area contributed by atoms with Crippen molar-refractivity contribution in [3.05, 3.63) is 70.3 Å². The first-order valence-electron chi connectivity index (χ1n) is 13.8. The zero-order valence-electron chi connectivity index (χ0n) is 22.1. The second-order valence-electron chi connectivity index (χ2n) is 11.0. The number of carboxylic acid groups (broad SMARTS) is 1. The van der Waals surface area contributed by atoms with E-state index in [9.17, 15) is 14.7 Å². The van der Waals surface area contributed by atoms with Crippen LogP contribution in [0, 0.1) is 0 Å². The molecule has 1 aliphatic carbocycles. The lowest BCUT2D eigenvalue weighted by atomic mass is 9.70. The number of rotatable bonds is 1. The van der Waals surface area contributed by atoms with E-state index in [1.165, 1.54) is 11.1 Å². The predicted octanol–water partition coefficient (Wildman–Crippen LogP) is 5.96. The molecule has 1 spiro atoms. The number of halogens is 1. The minimum atomic E-state index is -0.983. The van der Waals surface area contributed by atoms with Crippen LogP contribution in [0.3, 0.4) is 0 Å². The van der Waals surface area contributed by atoms with Crippen molar-refractivity contribution in [2.75, 3.05) is 38.2 Å². The van der Waals surface area contributed by atoms with E-state index >= 15 is 0 Å². The van der Waals surface area contributed by atoms with Gasteiger partial charge in [0.2, 0.25) is 5.91 Å². The van der Waals surface area contributed by atoms with Gasteiger partial charge in [0.05, 0.1) is 18.2 Å². The molecular formula is C31H37ClN2O4. The lowest BCUT2D eigenvalue weighted by molar-refractivity contribution is -0.142. The number of aryl methyl sites for hydroxylation is 1. The van der Waals surface area contributed by atoms with Crippen LogP contribution in [0.1, 0.15) is 67.6 Å². The Morgan fingerprint density at radius 3 is 2.76 bits per heavy atom. The van der Waals surface area contributed by atoms with Crippen molar-refractivity contribution in [2.45, 2.75) is 62.7 Å². The van der Waals surface area contributed by atoms with E-state index in [1.807, 2.05) is 24.3 Å². The molecule has 1 N–H and O–H groups in total. The second-order valence-corrected chi connectivity index (χ2v) is 11.5. The molecule has 38 heavy (non-hydrogen) atoms. The molecule has 2 heterocycles. The van der Waals surface area contributed by atoms with Crippen molar-refractivity contribution in [3.63, 3.8) is 0 Å². The molecule has 0 saturated heterocycles. The Bertz CT molecular complexity index is 1230. The highest BCUT2D eigenvalue weighted by molar-refractivity contribution is 6.30. The van der Waals surface area contributed by atoms with Gasteiger partial charge >= 0.3 is 5.97 Å². The summed E-state index contributed by atoms with van der Waals surface area (Å²) in [4.78, 5) is 29.3. The van der Waals surface area contributed by atoms with Crippen molar-refractivity contribution in [1.29, 1.82) is 0 Å². The number of hydrogen-bond acceptors (Lipinski definition) is 4. The van der Waals surface area contributed by atoms with Gasteiger partial charge in [0, 0.05) is 43.5 Å². The fourth-order valence-corrected chi connectivity index (χ4v) is 6.45. The van der Waals surface area contributed by atoms with Crippen molar-refractivity contribution >= 4 is 29.2 Å². The summed E-state index contributed by atoms with van der Waals surface area (Å²) in [7, 11) is 1.75. The molecule has 0 saturated carbocycles. The van der Waals surface area contributed by atoms with Gasteiger partial charge in [0.1, 0.15) is 5.75 Å². The molecule has 3 aliphatic rings. The number of fused-ring (bicyclic) bond motifs is 3. The third kappa shape index (κ3) is 5.56. The summed E-state index contributed by atoms with van der Waals surface area (Å²) in [6.07, 6.45) is 11.3. The minimum Gasteiger partial charge on any atom is -0.490 e. The molecule has 0 fully saturated rings. The highest BCUT2D eigenvalue weighted by atomic mass is 35.5. The number of hydrogen-bond donors (Lipinski definition) is 1. The van der Waals surface area contributed by atoms with Gasteiger partial charge in [-0.1, -0.05) is 35.9 Å². The van der Waals surface area contributed by atoms with Crippen LogP contribution >= 0.6 is 11.6 Å². The lowest BCUT2D eigenvalue weighted by Crippen LogP contribution is -2.46. The largest absolute Gasteiger partial charge is 0.490 e. The number of carboxylic acids is 1. The monoisotopic (exact) mass is 536 g/mol. The third-order valence-corrected chi connectivity index (χ3v) is 8.65. The quantitative estimate of drug-likeness (QED) is 0.455. The number of amides is 1. The van der Waals surface area contributed by atoms with E-state index in [-0.39, 0.29) is 17.7 Å². The first-order chi connectivity index (χ1) is 18.4. The lowest BCUT2D eigenvalue weighted by Gasteiger charge is -2.41. The van der Waals surface area contributed by atoms with Gasteiger partial charge < -0.3 is 19.6 Å². The first kappa shape index (κ1) is 26.6. The summed E-state index contributed by atoms with van der Waals surface area (Å²) in [6, 6.07) is 11.9. The predicted molar refractivity (Wildman–Crippen MR) is 150 cm³/mol. The van der Waals surface area contributed by atoms with Gasteiger partial charge in [-0.25, -0.2) is 0 Å². The standard InChI is InChI=1S/C31H37ClN2O4/c1-33-15-6-4-2-3-5-7-16-34-20-31(14-8-9-23-17-24(32)11-12-26(23)31)21-38-28-13-10-22(18-27(28)34)25(30(36)37)19-29(33)35/h2,4,10-13,17-18,25H,3,5-9,14-16,19-21H2,1H3,(H,36,37)/b4-2-/t25-,31-/m0/s1. The maximum atomic E-state index is 12.9. The molecule has 2 aromatic rings. The fraction of sp³-hybridized carbons (Fsp3) is 0.484. The van der Waals surface area contributed by atoms with E-state index in [4.69, 9.17) is 16.3 Å². The Morgan fingerprint density at radius 2 is 1.92 bits per heavy atom. The number of carbonyl (C=O) groups excluding carboxylic acids is 1. The first-order valence-corrected chi connectivity index (χ1v) is 14.2. The van der Waals surface area contributed by atoms with Gasteiger partial charge in [0.15, 0.2) is 0 Å². The molecule has 2 atom stereocenters. The summed E-state index contributed by atoms with van der Waals surface area (Å²) in [5.41, 5.74) is 4.02. The maximum absolute atomic E-state index is 12.9. The summed E-state index contributed by atoms with van der Waals surface area (Å²) in [5.74, 6) is -1.27. The zero-order valence-corrected chi connectivity index (χ0v) is 22.9. The SMILES string of the molecule is CN1CC/C=C\CCCCN2C[C@@]3(CCCc4cc(Cl)ccc43)COc3ccc(cc32)[C@@H](C(=O)O)CC1=O. The number of nitrogens with zero attached hydrogens (tertiary/aromatic N) is 2. The molecule has 2 aliphatic heterocycles. The van der Waals surface area contributed by atoms with Gasteiger partial charge in [-0.15, -0.1) is 0 Å². The minimum absolute atomic E-state index is 0.0622. The van der Waals surface area contributed by atoms with Crippen LogP contribution in [-0.2, 0) is 21.4 Å². The number of ether oxygens (including phenoxy) is 1. The van der Waals surface area contributed by atoms with Crippen molar-refractivity contribution in [2.24, 2.45) is 0 Å². The van der Waals surface area contributed by atoms with Crippen molar-refractivity contribution in [3.8, 4) is 5.75 Å². The highest BCUT2D eigenvalue weighted by Crippen LogP contribution is 2.45. The van der Waals surface area contributed by atoms with Gasteiger partial charge in [0.25, 0.3) is 0 Å². The molecule has 7 heteroatoms. The van der Waals surface area contributed by atoms with E-state index < -0.39 is 11.9 Å². The van der Waals surface area contributed by atoms with E-state index in [0.29, 0.717) is 18.7 Å². The molecule has 202 valence electrons. The average molecular weight is 537 g/mol. The molecule has 0 radical (unpaired) electrons. The van der Waals surface area contributed by atoms with Gasteiger partial charge in [-0.05, 0) is 85.9 Å². The molecule has 0 aromatic heterocycles. The Morgan fingerprint density at radius 1 is 1.08 bits per heavy atom. The smallest absolute Gasteiger partial charge is 0.311 e. The Hall–Kier alpha value is -2.99. The van der Waals surface area contributed by atoms with Crippen LogP contribution in [0.4, 0.5) is 5.69 Å². The van der Waals surface area contributed by atoms with Crippen LogP contribution in [0.15, 0.2) is 48.6 Å². The summed E-state index contributed by atoms with van der Waals surface area (Å²) in [6.45, 7) is 2.81. The summed E-state index contributed by atoms with van der Waals surface area (Å²) in [5, 5.41) is 10.9. The molecule has 6 nitrogen and oxygen atoms in total. The van der Waals surface area contributed by atoms with Crippen LogP contribution in [0.25, 0.3) is 0 Å². The second kappa shape index (κ2) is 11.4. The normalized spacial score (nSPS) is 25.3. The Kier molecular flexibility index (Phi) is 7.98. The van der Waals surface area contributed by atoms with Gasteiger partial charge in [-0.2, -0.15) is 0 Å². The van der Waals surface area contributed by atoms with Gasteiger partial charge in [-0.3, -0.25) is 9.59 Å². The van der Waals surface area contributed by atoms with E-state index in [0.717, 1.165) is 74.5 Å². The number of allylic oxidation sites excluding steroid dienone is 1. The molecule has 2 aromatic carbocycles. The summed E-state index contributed by atoms with van der Waals surface area (Å²) >= 11 is 6.36. The molecule has 2 bridgehead atoms. The average Bonchev–Trinajstić information content (AvgIpc) is 3.04. The third-order valence-electron chi connectivity index (χ3n) is 8.41. The molecule has 1 amide bonds. The van der Waals surface area contributed by atoms with Crippen LogP contribution in [0.2, 0.25) is 5.02 Å². The number of aliphatic carboxylic acids is 1. The summed E-state index contributed by atoms with van der Waals surface area (Å²) < 4.78 is 6.52. The van der Waals surface area contributed by atoms with Crippen LogP contribution in [-0.4, -0.2) is 55.2 Å². The van der Waals surface area contributed by atoms with Crippen LogP contribution in [0.5, 0.6) is 5.75 Å². The molecule has 5 rings (SSSR count). The number of anilines is 1. The maximum Gasteiger partial charge on any atom is 0.311 e. The van der Waals surface area contributed by atoms with Crippen molar-refractivity contribution < 1.29 is 19.4 Å². The van der Waals surface area contributed by atoms with E-state index in [1.54, 1.807) is 11.9 Å². The Labute approximate surface area is 230 Å². The number of carbonyl (C=O) groups is 2.